The Balaban J connectivity index is 2.91. The van der Waals surface area contributed by atoms with Gasteiger partial charge in [0.25, 0.3) is 0 Å². The van der Waals surface area contributed by atoms with E-state index in [1.54, 1.807) is 11.3 Å². The van der Waals surface area contributed by atoms with E-state index in [0.29, 0.717) is 5.92 Å². The highest BCUT2D eigenvalue weighted by Gasteiger charge is 2.31. The molecule has 0 saturated heterocycles. The quantitative estimate of drug-likeness (QED) is 0.444. The van der Waals surface area contributed by atoms with Crippen LogP contribution in [0.2, 0.25) is 0 Å². The minimum absolute atomic E-state index is 0.0122. The standard InChI is InChI=1S/C13H23N3OS2/c1-8(2)11(16-19(17)13(3,4)5)10-6-9(7-18-10)12(14)15/h6-8,11,16H,1-5H3,(H3,14,15)/t11?,19-/m0/s1. The van der Waals surface area contributed by atoms with Crippen LogP contribution in [0.1, 0.15) is 51.1 Å². The Hall–Kier alpha value is -0.560. The molecule has 0 aliphatic heterocycles. The zero-order chi connectivity index (χ0) is 14.8. The summed E-state index contributed by atoms with van der Waals surface area (Å²) < 4.78 is 15.1. The molecule has 0 bridgehead atoms. The minimum atomic E-state index is -1.12. The van der Waals surface area contributed by atoms with Crippen LogP contribution in [0.4, 0.5) is 0 Å². The first-order chi connectivity index (χ1) is 8.62. The predicted molar refractivity (Wildman–Crippen MR) is 83.9 cm³/mol. The second-order valence-electron chi connectivity index (χ2n) is 5.87. The molecule has 1 heterocycles. The molecule has 0 radical (unpaired) electrons. The summed E-state index contributed by atoms with van der Waals surface area (Å²) >= 11 is 0.431. The number of thiophene rings is 1. The van der Waals surface area contributed by atoms with Gasteiger partial charge in [-0.3, -0.25) is 5.41 Å². The summed E-state index contributed by atoms with van der Waals surface area (Å²) in [5.41, 5.74) is 6.21. The van der Waals surface area contributed by atoms with Gasteiger partial charge in [-0.2, -0.15) is 0 Å². The van der Waals surface area contributed by atoms with Crippen LogP contribution >= 0.6 is 11.3 Å². The molecular weight excluding hydrogens is 278 g/mol. The van der Waals surface area contributed by atoms with E-state index in [2.05, 4.69) is 18.6 Å². The van der Waals surface area contributed by atoms with E-state index >= 15 is 0 Å². The van der Waals surface area contributed by atoms with Crippen LogP contribution in [0, 0.1) is 11.3 Å². The van der Waals surface area contributed by atoms with E-state index < -0.39 is 11.4 Å². The van der Waals surface area contributed by atoms with E-state index in [1.807, 2.05) is 32.2 Å². The number of nitrogens with two attached hydrogens (primary N) is 1. The summed E-state index contributed by atoms with van der Waals surface area (Å²) in [6.07, 6.45) is 0. The second kappa shape index (κ2) is 6.26. The smallest absolute Gasteiger partial charge is 0.136 e. The lowest BCUT2D eigenvalue weighted by Gasteiger charge is -2.29. The molecule has 1 unspecified atom stereocenters. The van der Waals surface area contributed by atoms with Crippen molar-refractivity contribution in [3.63, 3.8) is 0 Å². The average Bonchev–Trinajstić information content (AvgIpc) is 2.72. The third-order valence-electron chi connectivity index (χ3n) is 2.69. The maximum Gasteiger partial charge on any atom is 0.136 e. The van der Waals surface area contributed by atoms with Gasteiger partial charge in [0, 0.05) is 27.2 Å². The molecule has 1 aromatic heterocycles. The Morgan fingerprint density at radius 1 is 1.47 bits per heavy atom. The number of rotatable bonds is 5. The van der Waals surface area contributed by atoms with Crippen molar-refractivity contribution in [2.45, 2.75) is 45.4 Å². The maximum atomic E-state index is 12.2. The van der Waals surface area contributed by atoms with Gasteiger partial charge in [-0.05, 0) is 32.8 Å². The monoisotopic (exact) mass is 301 g/mol. The Labute approximate surface area is 122 Å². The Morgan fingerprint density at radius 3 is 2.42 bits per heavy atom. The molecule has 0 aliphatic rings. The minimum Gasteiger partial charge on any atom is -0.598 e. The topological polar surface area (TPSA) is 85.0 Å². The fourth-order valence-corrected chi connectivity index (χ4v) is 3.66. The van der Waals surface area contributed by atoms with Crippen LogP contribution in [-0.2, 0) is 11.4 Å². The summed E-state index contributed by atoms with van der Waals surface area (Å²) in [4.78, 5) is 1.07. The van der Waals surface area contributed by atoms with Gasteiger partial charge in [-0.1, -0.05) is 13.8 Å². The van der Waals surface area contributed by atoms with Gasteiger partial charge in [0.15, 0.2) is 0 Å². The van der Waals surface area contributed by atoms with E-state index in [9.17, 15) is 4.55 Å². The number of hydrogen-bond acceptors (Lipinski definition) is 4. The number of nitrogens with one attached hydrogen (secondary N) is 2. The van der Waals surface area contributed by atoms with Crippen LogP contribution in [0.3, 0.4) is 0 Å². The van der Waals surface area contributed by atoms with Crippen LogP contribution in [-0.4, -0.2) is 15.1 Å². The van der Waals surface area contributed by atoms with Crippen LogP contribution in [0.5, 0.6) is 0 Å². The van der Waals surface area contributed by atoms with E-state index in [-0.39, 0.29) is 16.6 Å². The molecule has 1 rings (SSSR count). The Morgan fingerprint density at radius 2 is 2.05 bits per heavy atom. The Kier molecular flexibility index (Phi) is 5.43. The van der Waals surface area contributed by atoms with Crippen molar-refractivity contribution in [1.82, 2.24) is 4.72 Å². The maximum absolute atomic E-state index is 12.2. The van der Waals surface area contributed by atoms with Gasteiger partial charge < -0.3 is 10.3 Å². The molecule has 0 saturated carbocycles. The number of amidine groups is 1. The molecule has 6 heteroatoms. The molecule has 1 aromatic rings. The highest BCUT2D eigenvalue weighted by atomic mass is 32.2. The fraction of sp³-hybridized carbons (Fsp3) is 0.615. The van der Waals surface area contributed by atoms with Gasteiger partial charge in [-0.25, -0.2) is 0 Å². The lowest BCUT2D eigenvalue weighted by Crippen LogP contribution is -2.42. The molecule has 4 N–H and O–H groups in total. The summed E-state index contributed by atoms with van der Waals surface area (Å²) in [6, 6.07) is 1.92. The zero-order valence-electron chi connectivity index (χ0n) is 12.1. The summed E-state index contributed by atoms with van der Waals surface area (Å²) in [5, 5.41) is 9.31. The molecule has 0 spiro atoms. The first-order valence-corrected chi connectivity index (χ1v) is 8.26. The van der Waals surface area contributed by atoms with Gasteiger partial charge in [0.1, 0.15) is 10.6 Å². The molecule has 0 aromatic carbocycles. The lowest BCUT2D eigenvalue weighted by atomic mass is 10.0. The zero-order valence-corrected chi connectivity index (χ0v) is 13.7. The highest BCUT2D eigenvalue weighted by molar-refractivity contribution is 7.90. The normalized spacial score (nSPS) is 15.5. The van der Waals surface area contributed by atoms with E-state index in [1.165, 1.54) is 0 Å². The molecular formula is C13H23N3OS2. The molecule has 19 heavy (non-hydrogen) atoms. The van der Waals surface area contributed by atoms with Crippen LogP contribution in [0.15, 0.2) is 11.4 Å². The molecule has 108 valence electrons. The average molecular weight is 301 g/mol. The van der Waals surface area contributed by atoms with Gasteiger partial charge in [-0.15, -0.1) is 16.1 Å². The lowest BCUT2D eigenvalue weighted by molar-refractivity contribution is 0.457. The third-order valence-corrected chi connectivity index (χ3v) is 5.29. The molecule has 0 amide bonds. The number of nitrogen functional groups attached to an aromatic ring is 1. The van der Waals surface area contributed by atoms with Gasteiger partial charge in [0.05, 0.1) is 6.04 Å². The molecule has 4 nitrogen and oxygen atoms in total. The van der Waals surface area contributed by atoms with Crippen molar-refractivity contribution >= 4 is 28.5 Å². The van der Waals surface area contributed by atoms with Crippen molar-refractivity contribution in [2.75, 3.05) is 0 Å². The molecule has 0 aliphatic carbocycles. The SMILES string of the molecule is CC(C)C(N[S@@+]([O-])C(C)(C)C)c1cc(C(=N)N)cs1. The first kappa shape index (κ1) is 16.5. The van der Waals surface area contributed by atoms with Crippen LogP contribution < -0.4 is 10.5 Å². The van der Waals surface area contributed by atoms with Crippen LogP contribution in [0.25, 0.3) is 0 Å². The van der Waals surface area contributed by atoms with Crippen molar-refractivity contribution < 1.29 is 4.55 Å². The van der Waals surface area contributed by atoms with Crippen molar-refractivity contribution in [3.05, 3.63) is 21.9 Å². The van der Waals surface area contributed by atoms with E-state index in [4.69, 9.17) is 11.1 Å². The van der Waals surface area contributed by atoms with Gasteiger partial charge in [0.2, 0.25) is 0 Å². The van der Waals surface area contributed by atoms with E-state index in [0.717, 1.165) is 10.4 Å². The number of hydrogen-bond donors (Lipinski definition) is 3. The van der Waals surface area contributed by atoms with Crippen molar-refractivity contribution in [2.24, 2.45) is 11.7 Å². The summed E-state index contributed by atoms with van der Waals surface area (Å²) in [5.74, 6) is 0.381. The van der Waals surface area contributed by atoms with Crippen molar-refractivity contribution in [3.8, 4) is 0 Å². The molecule has 0 fully saturated rings. The first-order valence-electron chi connectivity index (χ1n) is 6.23. The largest absolute Gasteiger partial charge is 0.598 e. The molecule has 2 atom stereocenters. The van der Waals surface area contributed by atoms with Gasteiger partial charge >= 0.3 is 0 Å². The second-order valence-corrected chi connectivity index (χ2v) is 8.81. The summed E-state index contributed by atoms with van der Waals surface area (Å²) in [6.45, 7) is 10.0. The fourth-order valence-electron chi connectivity index (χ4n) is 1.47. The Bertz CT molecular complexity index is 437. The highest BCUT2D eigenvalue weighted by Crippen LogP contribution is 2.30. The van der Waals surface area contributed by atoms with Crippen molar-refractivity contribution in [1.29, 1.82) is 5.41 Å². The summed E-state index contributed by atoms with van der Waals surface area (Å²) in [7, 11) is 0. The third kappa shape index (κ3) is 4.49. The predicted octanol–water partition coefficient (Wildman–Crippen LogP) is 2.78.